The van der Waals surface area contributed by atoms with E-state index in [4.69, 9.17) is 23.6 Å². The van der Waals surface area contributed by atoms with E-state index in [-0.39, 0.29) is 17.7 Å². The highest BCUT2D eigenvalue weighted by Crippen LogP contribution is 2.38. The van der Waals surface area contributed by atoms with E-state index in [1.54, 1.807) is 43.9 Å². The van der Waals surface area contributed by atoms with Crippen molar-refractivity contribution in [2.75, 3.05) is 38.8 Å². The summed E-state index contributed by atoms with van der Waals surface area (Å²) in [6, 6.07) is 17.7. The second kappa shape index (κ2) is 12.5. The van der Waals surface area contributed by atoms with Crippen molar-refractivity contribution in [2.24, 2.45) is 4.99 Å². The van der Waals surface area contributed by atoms with Gasteiger partial charge in [0.25, 0.3) is 5.56 Å². The van der Waals surface area contributed by atoms with E-state index in [1.807, 2.05) is 48.5 Å². The molecule has 4 aromatic rings. The predicted octanol–water partition coefficient (Wildman–Crippen LogP) is 4.39. The Bertz CT molecular complexity index is 1800. The number of anilines is 1. The summed E-state index contributed by atoms with van der Waals surface area (Å²) in [6.45, 7) is 7.64. The fourth-order valence-electron chi connectivity index (χ4n) is 5.03. The third-order valence-electron chi connectivity index (χ3n) is 7.06. The topological polar surface area (TPSA) is 95.5 Å². The zero-order chi connectivity index (χ0) is 29.8. The number of thiazole rings is 1. The van der Waals surface area contributed by atoms with Gasteiger partial charge >= 0.3 is 5.97 Å². The molecule has 42 heavy (non-hydrogen) atoms. The van der Waals surface area contributed by atoms with Gasteiger partial charge in [-0.05, 0) is 44.5 Å². The van der Waals surface area contributed by atoms with Crippen LogP contribution in [0, 0.1) is 0 Å². The van der Waals surface area contributed by atoms with Crippen LogP contribution in [-0.2, 0) is 9.53 Å². The van der Waals surface area contributed by atoms with E-state index in [2.05, 4.69) is 18.7 Å². The maximum Gasteiger partial charge on any atom is 0.338 e. The number of ether oxygens (including phenoxy) is 3. The van der Waals surface area contributed by atoms with E-state index in [9.17, 15) is 9.59 Å². The lowest BCUT2D eigenvalue weighted by molar-refractivity contribution is -0.138. The number of furan rings is 1. The Hall–Kier alpha value is -4.57. The van der Waals surface area contributed by atoms with Gasteiger partial charge in [-0.25, -0.2) is 9.79 Å². The molecule has 2 aromatic carbocycles. The summed E-state index contributed by atoms with van der Waals surface area (Å²) in [4.78, 5) is 35.2. The van der Waals surface area contributed by atoms with Crippen LogP contribution in [0.5, 0.6) is 11.5 Å². The van der Waals surface area contributed by atoms with E-state index in [0.717, 1.165) is 24.5 Å². The molecule has 0 spiro atoms. The highest BCUT2D eigenvalue weighted by Gasteiger charge is 2.35. The summed E-state index contributed by atoms with van der Waals surface area (Å²) < 4.78 is 24.6. The predicted molar refractivity (Wildman–Crippen MR) is 163 cm³/mol. The molecule has 0 amide bonds. The molecule has 0 saturated heterocycles. The van der Waals surface area contributed by atoms with Crippen LogP contribution in [0.25, 0.3) is 11.8 Å². The van der Waals surface area contributed by atoms with Gasteiger partial charge in [0.05, 0.1) is 42.7 Å². The molecule has 0 aliphatic carbocycles. The molecule has 1 atom stereocenters. The summed E-state index contributed by atoms with van der Waals surface area (Å²) in [5.74, 6) is 1.73. The van der Waals surface area contributed by atoms with Crippen molar-refractivity contribution >= 4 is 35.0 Å². The van der Waals surface area contributed by atoms with Gasteiger partial charge in [0.2, 0.25) is 0 Å². The van der Waals surface area contributed by atoms with Gasteiger partial charge in [-0.2, -0.15) is 0 Å². The fraction of sp³-hybridized carbons (Fsp3) is 0.281. The number of benzene rings is 2. The van der Waals surface area contributed by atoms with Gasteiger partial charge in [0, 0.05) is 30.8 Å². The quantitative estimate of drug-likeness (QED) is 0.254. The SMILES string of the molecule is CCOC(=O)C1=C(c2ccccc2)N=c2s/c(=C\c3ccc(N(CC)CC)o3)c(=O)n2[C@@H]1c1ccc(OC)c(OC)c1. The molecule has 1 aliphatic rings. The molecule has 218 valence electrons. The second-order valence-corrected chi connectivity index (χ2v) is 10.4. The highest BCUT2D eigenvalue weighted by atomic mass is 32.1. The standard InChI is InChI=1S/C32H33N3O6S/c1-6-34(7-2)26-17-15-22(41-26)19-25-30(36)35-29(21-14-16-23(38-4)24(18-21)39-5)27(31(37)40-8-3)28(33-32(35)42-25)20-12-10-9-11-13-20/h9-19,29H,6-8H2,1-5H3/b25-19-/t29-/m1/s1. The van der Waals surface area contributed by atoms with Crippen LogP contribution in [0.1, 0.15) is 43.7 Å². The fourth-order valence-corrected chi connectivity index (χ4v) is 6.01. The minimum absolute atomic E-state index is 0.168. The molecule has 0 unspecified atom stereocenters. The molecule has 2 aromatic heterocycles. The minimum atomic E-state index is -0.833. The first-order valence-corrected chi connectivity index (χ1v) is 14.6. The number of rotatable bonds is 10. The van der Waals surface area contributed by atoms with Gasteiger partial charge in [-0.1, -0.05) is 47.7 Å². The molecular weight excluding hydrogens is 554 g/mol. The summed E-state index contributed by atoms with van der Waals surface area (Å²) in [6.07, 6.45) is 1.72. The third-order valence-corrected chi connectivity index (χ3v) is 8.04. The minimum Gasteiger partial charge on any atom is -0.493 e. The summed E-state index contributed by atoms with van der Waals surface area (Å²) in [7, 11) is 3.10. The van der Waals surface area contributed by atoms with Crippen LogP contribution in [0.3, 0.4) is 0 Å². The molecule has 0 N–H and O–H groups in total. The average molecular weight is 588 g/mol. The van der Waals surface area contributed by atoms with Crippen molar-refractivity contribution in [1.29, 1.82) is 0 Å². The Morgan fingerprint density at radius 1 is 1.02 bits per heavy atom. The van der Waals surface area contributed by atoms with Gasteiger partial charge in [-0.15, -0.1) is 0 Å². The zero-order valence-electron chi connectivity index (χ0n) is 24.2. The van der Waals surface area contributed by atoms with Gasteiger partial charge < -0.3 is 23.5 Å². The molecular formula is C32H33N3O6S. The van der Waals surface area contributed by atoms with Crippen LogP contribution in [0.2, 0.25) is 0 Å². The molecule has 0 radical (unpaired) electrons. The molecule has 1 aliphatic heterocycles. The lowest BCUT2D eigenvalue weighted by Crippen LogP contribution is -2.40. The first-order chi connectivity index (χ1) is 20.4. The van der Waals surface area contributed by atoms with E-state index in [0.29, 0.717) is 37.9 Å². The molecule has 0 saturated carbocycles. The van der Waals surface area contributed by atoms with Crippen LogP contribution in [0.4, 0.5) is 5.88 Å². The van der Waals surface area contributed by atoms with E-state index in [1.165, 1.54) is 11.3 Å². The number of carbonyl (C=O) groups is 1. The largest absolute Gasteiger partial charge is 0.493 e. The molecule has 0 fully saturated rings. The zero-order valence-corrected chi connectivity index (χ0v) is 25.1. The Morgan fingerprint density at radius 2 is 1.76 bits per heavy atom. The van der Waals surface area contributed by atoms with Crippen LogP contribution in [0.15, 0.2) is 80.4 Å². The molecule has 0 bridgehead atoms. The number of hydrogen-bond acceptors (Lipinski definition) is 9. The van der Waals surface area contributed by atoms with E-state index >= 15 is 0 Å². The van der Waals surface area contributed by atoms with Gasteiger partial charge in [-0.3, -0.25) is 9.36 Å². The lowest BCUT2D eigenvalue weighted by atomic mass is 9.93. The molecule has 3 heterocycles. The Kier molecular flexibility index (Phi) is 8.63. The number of esters is 1. The summed E-state index contributed by atoms with van der Waals surface area (Å²) in [5, 5.41) is 0. The van der Waals surface area contributed by atoms with Crippen LogP contribution < -0.4 is 29.3 Å². The molecule has 9 nitrogen and oxygen atoms in total. The van der Waals surface area contributed by atoms with Crippen molar-refractivity contribution in [2.45, 2.75) is 26.8 Å². The molecule has 5 rings (SSSR count). The van der Waals surface area contributed by atoms with Gasteiger partial charge in [0.1, 0.15) is 5.76 Å². The first-order valence-electron chi connectivity index (χ1n) is 13.8. The Labute approximate surface area is 247 Å². The number of aromatic nitrogens is 1. The number of hydrogen-bond donors (Lipinski definition) is 0. The lowest BCUT2D eigenvalue weighted by Gasteiger charge is -2.26. The maximum atomic E-state index is 14.1. The number of nitrogens with zero attached hydrogens (tertiary/aromatic N) is 3. The van der Waals surface area contributed by atoms with Crippen molar-refractivity contribution in [3.05, 3.63) is 103 Å². The van der Waals surface area contributed by atoms with E-state index < -0.39 is 12.0 Å². The molecule has 10 heteroatoms. The number of methoxy groups -OCH3 is 2. The van der Waals surface area contributed by atoms with Crippen molar-refractivity contribution < 1.29 is 23.4 Å². The number of carbonyl (C=O) groups excluding carboxylic acids is 1. The number of fused-ring (bicyclic) bond motifs is 1. The normalized spacial score (nSPS) is 14.8. The van der Waals surface area contributed by atoms with Crippen molar-refractivity contribution in [3.63, 3.8) is 0 Å². The Morgan fingerprint density at radius 3 is 2.43 bits per heavy atom. The summed E-state index contributed by atoms with van der Waals surface area (Å²) in [5.41, 5.74) is 1.79. The second-order valence-electron chi connectivity index (χ2n) is 9.39. The highest BCUT2D eigenvalue weighted by molar-refractivity contribution is 7.07. The summed E-state index contributed by atoms with van der Waals surface area (Å²) >= 11 is 1.24. The Balaban J connectivity index is 1.78. The van der Waals surface area contributed by atoms with Crippen molar-refractivity contribution in [1.82, 2.24) is 4.57 Å². The maximum absolute atomic E-state index is 14.1. The monoisotopic (exact) mass is 587 g/mol. The van der Waals surface area contributed by atoms with Gasteiger partial charge in [0.15, 0.2) is 22.2 Å². The third kappa shape index (κ3) is 5.37. The van der Waals surface area contributed by atoms with Crippen LogP contribution >= 0.6 is 11.3 Å². The van der Waals surface area contributed by atoms with Crippen molar-refractivity contribution in [3.8, 4) is 11.5 Å². The average Bonchev–Trinajstić information content (AvgIpc) is 3.61. The first kappa shape index (κ1) is 28.9. The van der Waals surface area contributed by atoms with Crippen LogP contribution in [-0.4, -0.2) is 44.5 Å². The smallest absolute Gasteiger partial charge is 0.338 e.